The van der Waals surface area contributed by atoms with Gasteiger partial charge in [0.25, 0.3) is 0 Å². The zero-order valence-corrected chi connectivity index (χ0v) is 21.3. The summed E-state index contributed by atoms with van der Waals surface area (Å²) in [5.74, 6) is 1.50. The van der Waals surface area contributed by atoms with Gasteiger partial charge in [-0.1, -0.05) is 73.4 Å². The first-order valence-corrected chi connectivity index (χ1v) is 12.7. The molecule has 4 nitrogen and oxygen atoms in total. The maximum Gasteiger partial charge on any atom is 0.163 e. The standard InChI is InChI=1S/C29H28Cl2N2O2/c1-17(2)16-35-20-12-10-18(11-13-20)19-14-25-27(26(34)15-19)29(21-6-5-7-22(30)28(21)31)33-24-9-4-3-8-23(24)32-25/h3-13,17,19,29,32-33H,14-16H2,1-2H3. The van der Waals surface area contributed by atoms with Crippen molar-refractivity contribution in [1.29, 1.82) is 0 Å². The van der Waals surface area contributed by atoms with Crippen molar-refractivity contribution in [2.24, 2.45) is 5.92 Å². The van der Waals surface area contributed by atoms with Crippen molar-refractivity contribution in [2.75, 3.05) is 17.2 Å². The van der Waals surface area contributed by atoms with E-state index >= 15 is 0 Å². The lowest BCUT2D eigenvalue weighted by molar-refractivity contribution is -0.116. The van der Waals surface area contributed by atoms with E-state index in [1.807, 2.05) is 48.5 Å². The average molecular weight is 507 g/mol. The molecule has 2 atom stereocenters. The highest BCUT2D eigenvalue weighted by molar-refractivity contribution is 6.42. The summed E-state index contributed by atoms with van der Waals surface area (Å²) in [5.41, 5.74) is 5.42. The van der Waals surface area contributed by atoms with E-state index in [9.17, 15) is 4.79 Å². The van der Waals surface area contributed by atoms with E-state index in [0.29, 0.717) is 29.0 Å². The summed E-state index contributed by atoms with van der Waals surface area (Å²) in [6.07, 6.45) is 1.15. The summed E-state index contributed by atoms with van der Waals surface area (Å²) >= 11 is 13.0. The second kappa shape index (κ2) is 9.96. The second-order valence-corrected chi connectivity index (χ2v) is 10.4. The minimum absolute atomic E-state index is 0.0774. The molecule has 0 bridgehead atoms. The van der Waals surface area contributed by atoms with Crippen molar-refractivity contribution in [1.82, 2.24) is 0 Å². The number of Topliss-reactive ketones (excluding diaryl/α,β-unsaturated/α-hetero) is 1. The molecule has 3 aromatic carbocycles. The first-order valence-electron chi connectivity index (χ1n) is 12.0. The summed E-state index contributed by atoms with van der Waals surface area (Å²) < 4.78 is 5.84. The number of allylic oxidation sites excluding steroid dienone is 1. The van der Waals surface area contributed by atoms with Gasteiger partial charge in [-0.3, -0.25) is 4.79 Å². The number of hydrogen-bond donors (Lipinski definition) is 2. The number of benzene rings is 3. The molecule has 6 heteroatoms. The Bertz CT molecular complexity index is 1280. The zero-order valence-electron chi connectivity index (χ0n) is 19.8. The van der Waals surface area contributed by atoms with Crippen LogP contribution in [0.5, 0.6) is 5.75 Å². The molecule has 0 fully saturated rings. The number of ether oxygens (including phenoxy) is 1. The van der Waals surface area contributed by atoms with Crippen molar-refractivity contribution >= 4 is 40.4 Å². The summed E-state index contributed by atoms with van der Waals surface area (Å²) in [4.78, 5) is 13.7. The molecule has 1 aliphatic carbocycles. The highest BCUT2D eigenvalue weighted by atomic mass is 35.5. The van der Waals surface area contributed by atoms with Gasteiger partial charge in [-0.25, -0.2) is 0 Å². The van der Waals surface area contributed by atoms with Crippen LogP contribution in [0.25, 0.3) is 0 Å². The van der Waals surface area contributed by atoms with Crippen LogP contribution in [0.2, 0.25) is 10.0 Å². The van der Waals surface area contributed by atoms with Crippen LogP contribution >= 0.6 is 23.2 Å². The number of ketones is 1. The van der Waals surface area contributed by atoms with Gasteiger partial charge in [0.1, 0.15) is 5.75 Å². The van der Waals surface area contributed by atoms with Gasteiger partial charge in [-0.2, -0.15) is 0 Å². The molecule has 0 radical (unpaired) electrons. The number of halogens is 2. The van der Waals surface area contributed by atoms with Gasteiger partial charge in [-0.15, -0.1) is 0 Å². The molecule has 0 spiro atoms. The maximum absolute atomic E-state index is 13.7. The van der Waals surface area contributed by atoms with E-state index in [2.05, 4.69) is 36.6 Å². The van der Waals surface area contributed by atoms with E-state index in [4.69, 9.17) is 27.9 Å². The van der Waals surface area contributed by atoms with Crippen LogP contribution < -0.4 is 15.4 Å². The zero-order chi connectivity index (χ0) is 24.5. The number of para-hydroxylation sites is 2. The lowest BCUT2D eigenvalue weighted by Gasteiger charge is -2.30. The lowest BCUT2D eigenvalue weighted by Crippen LogP contribution is -2.27. The molecule has 0 saturated carbocycles. The monoisotopic (exact) mass is 506 g/mol. The molecular weight excluding hydrogens is 479 g/mol. The lowest BCUT2D eigenvalue weighted by atomic mass is 9.78. The van der Waals surface area contributed by atoms with Gasteiger partial charge < -0.3 is 15.4 Å². The number of anilines is 2. The van der Waals surface area contributed by atoms with Gasteiger partial charge in [0.15, 0.2) is 5.78 Å². The van der Waals surface area contributed by atoms with Crippen LogP contribution in [0.1, 0.15) is 49.8 Å². The van der Waals surface area contributed by atoms with Crippen LogP contribution in [-0.4, -0.2) is 12.4 Å². The van der Waals surface area contributed by atoms with Gasteiger partial charge >= 0.3 is 0 Å². The van der Waals surface area contributed by atoms with Crippen molar-refractivity contribution < 1.29 is 9.53 Å². The first-order chi connectivity index (χ1) is 16.9. The van der Waals surface area contributed by atoms with Crippen LogP contribution in [0, 0.1) is 5.92 Å². The van der Waals surface area contributed by atoms with Gasteiger partial charge in [0, 0.05) is 17.7 Å². The van der Waals surface area contributed by atoms with Crippen LogP contribution in [0.4, 0.5) is 11.4 Å². The van der Waals surface area contributed by atoms with E-state index in [1.54, 1.807) is 6.07 Å². The summed E-state index contributed by atoms with van der Waals surface area (Å²) in [7, 11) is 0. The number of nitrogens with one attached hydrogen (secondary N) is 2. The number of fused-ring (bicyclic) bond motifs is 1. The van der Waals surface area contributed by atoms with E-state index in [0.717, 1.165) is 45.9 Å². The third-order valence-corrected chi connectivity index (χ3v) is 7.37. The Morgan fingerprint density at radius 1 is 0.943 bits per heavy atom. The Balaban J connectivity index is 1.51. The third kappa shape index (κ3) is 4.91. The molecule has 0 aromatic heterocycles. The Morgan fingerprint density at radius 3 is 2.43 bits per heavy atom. The predicted molar refractivity (Wildman–Crippen MR) is 144 cm³/mol. The Labute approximate surface area is 216 Å². The number of carbonyl (C=O) groups excluding carboxylic acids is 1. The van der Waals surface area contributed by atoms with Crippen LogP contribution in [0.15, 0.2) is 78.0 Å². The molecular formula is C29H28Cl2N2O2. The van der Waals surface area contributed by atoms with Gasteiger partial charge in [-0.05, 0) is 59.7 Å². The van der Waals surface area contributed by atoms with Crippen molar-refractivity contribution in [3.8, 4) is 5.75 Å². The second-order valence-electron chi connectivity index (χ2n) is 9.59. The summed E-state index contributed by atoms with van der Waals surface area (Å²) in [5, 5.41) is 8.06. The number of carbonyl (C=O) groups is 1. The van der Waals surface area contributed by atoms with Gasteiger partial charge in [0.05, 0.1) is 34.1 Å². The molecule has 35 heavy (non-hydrogen) atoms. The Morgan fingerprint density at radius 2 is 1.69 bits per heavy atom. The fraction of sp³-hybridized carbons (Fsp3) is 0.276. The molecule has 2 N–H and O–H groups in total. The SMILES string of the molecule is CC(C)COc1ccc(C2CC(=O)C3=C(C2)Nc2ccccc2NC3c2cccc(Cl)c2Cl)cc1. The van der Waals surface area contributed by atoms with E-state index < -0.39 is 6.04 Å². The highest BCUT2D eigenvalue weighted by Crippen LogP contribution is 2.46. The molecule has 2 unspecified atom stereocenters. The van der Waals surface area contributed by atoms with Crippen molar-refractivity contribution in [3.05, 3.63) is 99.2 Å². The van der Waals surface area contributed by atoms with E-state index in [-0.39, 0.29) is 11.7 Å². The quantitative estimate of drug-likeness (QED) is 0.367. The molecule has 5 rings (SSSR count). The normalized spacial score (nSPS) is 19.4. The highest BCUT2D eigenvalue weighted by Gasteiger charge is 2.36. The topological polar surface area (TPSA) is 50.4 Å². The number of rotatable bonds is 5. The molecule has 2 aliphatic rings. The summed E-state index contributed by atoms with van der Waals surface area (Å²) in [6.45, 7) is 4.94. The minimum atomic E-state index is -0.396. The van der Waals surface area contributed by atoms with Crippen LogP contribution in [0.3, 0.4) is 0 Å². The van der Waals surface area contributed by atoms with Crippen molar-refractivity contribution in [3.63, 3.8) is 0 Å². The Hall–Kier alpha value is -2.95. The summed E-state index contributed by atoms with van der Waals surface area (Å²) in [6, 6.07) is 21.3. The Kier molecular flexibility index (Phi) is 6.77. The third-order valence-electron chi connectivity index (χ3n) is 6.54. The minimum Gasteiger partial charge on any atom is -0.493 e. The van der Waals surface area contributed by atoms with Crippen LogP contribution in [-0.2, 0) is 4.79 Å². The van der Waals surface area contributed by atoms with Gasteiger partial charge in [0.2, 0.25) is 0 Å². The van der Waals surface area contributed by atoms with Crippen molar-refractivity contribution in [2.45, 2.75) is 38.6 Å². The molecule has 3 aromatic rings. The molecule has 1 heterocycles. The molecule has 1 aliphatic heterocycles. The molecule has 0 saturated heterocycles. The fourth-order valence-corrected chi connectivity index (χ4v) is 5.22. The smallest absolute Gasteiger partial charge is 0.163 e. The predicted octanol–water partition coefficient (Wildman–Crippen LogP) is 8.01. The molecule has 180 valence electrons. The number of hydrogen-bond acceptors (Lipinski definition) is 4. The fourth-order valence-electron chi connectivity index (χ4n) is 4.80. The molecule has 0 amide bonds. The average Bonchev–Trinajstić information content (AvgIpc) is 3.01. The maximum atomic E-state index is 13.7. The van der Waals surface area contributed by atoms with E-state index in [1.165, 1.54) is 0 Å². The first kappa shape index (κ1) is 23.8. The largest absolute Gasteiger partial charge is 0.493 e.